The zero-order chi connectivity index (χ0) is 23.2. The number of hydrogen-bond donors (Lipinski definition) is 1. The molecular weight excluding hydrogens is 421 g/mol. The molecule has 0 saturated heterocycles. The summed E-state index contributed by atoms with van der Waals surface area (Å²) in [4.78, 5) is 2.26. The van der Waals surface area contributed by atoms with Gasteiger partial charge >= 0.3 is 0 Å². The highest BCUT2D eigenvalue weighted by Gasteiger charge is 2.32. The number of aromatic nitrogens is 2. The number of halogens is 1. The van der Waals surface area contributed by atoms with Gasteiger partial charge in [0, 0.05) is 19.1 Å². The van der Waals surface area contributed by atoms with Crippen molar-refractivity contribution in [2.24, 2.45) is 0 Å². The molecule has 1 fully saturated rings. The van der Waals surface area contributed by atoms with Crippen LogP contribution in [0.3, 0.4) is 0 Å². The summed E-state index contributed by atoms with van der Waals surface area (Å²) >= 11 is 0. The Balaban J connectivity index is 1.62. The van der Waals surface area contributed by atoms with Crippen LogP contribution in [0.25, 0.3) is 5.69 Å². The number of benzene rings is 2. The number of hydrogen-bond acceptors (Lipinski definition) is 5. The molecule has 1 atom stereocenters. The van der Waals surface area contributed by atoms with Crippen molar-refractivity contribution in [1.29, 1.82) is 0 Å². The summed E-state index contributed by atoms with van der Waals surface area (Å²) in [6, 6.07) is 16.2. The Labute approximate surface area is 193 Å². The highest BCUT2D eigenvalue weighted by molar-refractivity contribution is 5.43. The maximum absolute atomic E-state index is 13.4. The van der Waals surface area contributed by atoms with Crippen LogP contribution in [0.5, 0.6) is 11.6 Å². The van der Waals surface area contributed by atoms with Crippen LogP contribution in [-0.4, -0.2) is 51.7 Å². The predicted molar refractivity (Wildman–Crippen MR) is 125 cm³/mol. The molecular formula is C26H30FN3O3. The monoisotopic (exact) mass is 451 g/mol. The van der Waals surface area contributed by atoms with Crippen LogP contribution in [0.15, 0.2) is 67.3 Å². The van der Waals surface area contributed by atoms with Gasteiger partial charge in [-0.15, -0.1) is 6.58 Å². The number of aliphatic hydroxyl groups excluding tert-OH is 1. The smallest absolute Gasteiger partial charge is 0.227 e. The number of rotatable bonds is 12. The Morgan fingerprint density at radius 2 is 1.94 bits per heavy atom. The predicted octanol–water partition coefficient (Wildman–Crippen LogP) is 4.64. The molecule has 0 amide bonds. The van der Waals surface area contributed by atoms with E-state index in [0.29, 0.717) is 37.4 Å². The molecule has 3 aromatic rings. The summed E-state index contributed by atoms with van der Waals surface area (Å²) < 4.78 is 26.9. The van der Waals surface area contributed by atoms with Gasteiger partial charge in [0.05, 0.1) is 36.3 Å². The number of nitrogens with zero attached hydrogens (tertiary/aromatic N) is 3. The van der Waals surface area contributed by atoms with Crippen LogP contribution in [0.1, 0.15) is 24.1 Å². The highest BCUT2D eigenvalue weighted by atomic mass is 19.1. The molecule has 1 saturated carbocycles. The second kappa shape index (κ2) is 10.7. The van der Waals surface area contributed by atoms with E-state index in [1.165, 1.54) is 12.1 Å². The van der Waals surface area contributed by atoms with Gasteiger partial charge in [0.25, 0.3) is 0 Å². The zero-order valence-electron chi connectivity index (χ0n) is 18.9. The third-order valence-electron chi connectivity index (χ3n) is 5.58. The first-order chi connectivity index (χ1) is 16.0. The van der Waals surface area contributed by atoms with Gasteiger partial charge in [-0.2, -0.15) is 5.10 Å². The van der Waals surface area contributed by atoms with Gasteiger partial charge in [0.1, 0.15) is 11.6 Å². The zero-order valence-corrected chi connectivity index (χ0v) is 18.9. The lowest BCUT2D eigenvalue weighted by Crippen LogP contribution is -2.36. The van der Waals surface area contributed by atoms with Gasteiger partial charge in [-0.1, -0.05) is 24.3 Å². The van der Waals surface area contributed by atoms with Crippen molar-refractivity contribution in [3.8, 4) is 17.3 Å². The normalized spacial score (nSPS) is 14.4. The van der Waals surface area contributed by atoms with E-state index in [4.69, 9.17) is 14.6 Å². The molecule has 7 heteroatoms. The molecule has 0 bridgehead atoms. The molecule has 0 spiro atoms. The van der Waals surface area contributed by atoms with Crippen molar-refractivity contribution in [2.45, 2.75) is 38.5 Å². The third kappa shape index (κ3) is 6.07. The van der Waals surface area contributed by atoms with E-state index in [2.05, 4.69) is 11.5 Å². The van der Waals surface area contributed by atoms with Crippen LogP contribution in [-0.2, 0) is 11.3 Å². The SMILES string of the molecule is C=CCOC[C@@H](O)CN(Cc1c(C)nn(-c2ccccc2)c1Oc1ccc(F)cc1)C1CC1. The molecule has 4 rings (SSSR count). The van der Waals surface area contributed by atoms with Crippen molar-refractivity contribution >= 4 is 0 Å². The lowest BCUT2D eigenvalue weighted by Gasteiger charge is -2.25. The van der Waals surface area contributed by atoms with E-state index in [1.54, 1.807) is 22.9 Å². The van der Waals surface area contributed by atoms with Gasteiger partial charge in [0.2, 0.25) is 5.88 Å². The van der Waals surface area contributed by atoms with E-state index in [1.807, 2.05) is 37.3 Å². The van der Waals surface area contributed by atoms with Crippen LogP contribution in [0.2, 0.25) is 0 Å². The minimum atomic E-state index is -0.600. The number of para-hydroxylation sites is 1. The summed E-state index contributed by atoms with van der Waals surface area (Å²) in [7, 11) is 0. The molecule has 6 nitrogen and oxygen atoms in total. The van der Waals surface area contributed by atoms with E-state index in [0.717, 1.165) is 29.8 Å². The van der Waals surface area contributed by atoms with Gasteiger partial charge in [-0.05, 0) is 56.2 Å². The van der Waals surface area contributed by atoms with Crippen LogP contribution in [0.4, 0.5) is 4.39 Å². The van der Waals surface area contributed by atoms with Crippen LogP contribution in [0, 0.1) is 12.7 Å². The van der Waals surface area contributed by atoms with E-state index in [9.17, 15) is 9.50 Å². The molecule has 1 aromatic heterocycles. The minimum absolute atomic E-state index is 0.260. The fourth-order valence-corrected chi connectivity index (χ4v) is 3.78. The molecule has 174 valence electrons. The second-order valence-corrected chi connectivity index (χ2v) is 8.31. The average Bonchev–Trinajstić information content (AvgIpc) is 3.62. The molecule has 1 heterocycles. The third-order valence-corrected chi connectivity index (χ3v) is 5.58. The first-order valence-electron chi connectivity index (χ1n) is 11.2. The topological polar surface area (TPSA) is 59.8 Å². The lowest BCUT2D eigenvalue weighted by atomic mass is 10.2. The fourth-order valence-electron chi connectivity index (χ4n) is 3.78. The first kappa shape index (κ1) is 23.2. The minimum Gasteiger partial charge on any atom is -0.439 e. The molecule has 33 heavy (non-hydrogen) atoms. The molecule has 1 aliphatic rings. The summed E-state index contributed by atoms with van der Waals surface area (Å²) in [5.41, 5.74) is 2.66. The van der Waals surface area contributed by atoms with Crippen LogP contribution < -0.4 is 4.74 Å². The average molecular weight is 452 g/mol. The quantitative estimate of drug-likeness (QED) is 0.321. The summed E-state index contributed by atoms with van der Waals surface area (Å²) in [6.45, 7) is 7.35. The Hall–Kier alpha value is -3.00. The van der Waals surface area contributed by atoms with Gasteiger partial charge in [-0.3, -0.25) is 4.90 Å². The Bertz CT molecular complexity index is 1050. The largest absolute Gasteiger partial charge is 0.439 e. The number of aryl methyl sites for hydroxylation is 1. The standard InChI is InChI=1S/C26H30FN3O3/c1-3-15-32-18-23(31)16-29(21-11-12-21)17-25-19(2)28-30(22-7-5-4-6-8-22)26(25)33-24-13-9-20(27)10-14-24/h3-10,13-14,21,23,31H,1,11-12,15-18H2,2H3/t23-/m0/s1. The molecule has 1 aliphatic carbocycles. The Morgan fingerprint density at radius 3 is 2.61 bits per heavy atom. The summed E-state index contributed by atoms with van der Waals surface area (Å²) in [5.74, 6) is 0.807. The fraction of sp³-hybridized carbons (Fsp3) is 0.346. The molecule has 0 unspecified atom stereocenters. The van der Waals surface area contributed by atoms with E-state index >= 15 is 0 Å². The maximum atomic E-state index is 13.4. The molecule has 2 aromatic carbocycles. The molecule has 1 N–H and O–H groups in total. The summed E-state index contributed by atoms with van der Waals surface area (Å²) in [5, 5.41) is 15.3. The van der Waals surface area contributed by atoms with Crippen molar-refractivity contribution in [2.75, 3.05) is 19.8 Å². The van der Waals surface area contributed by atoms with Gasteiger partial charge in [0.15, 0.2) is 0 Å². The molecule has 0 radical (unpaired) electrons. The van der Waals surface area contributed by atoms with Crippen molar-refractivity contribution in [3.05, 3.63) is 84.3 Å². The Morgan fingerprint density at radius 1 is 1.21 bits per heavy atom. The van der Waals surface area contributed by atoms with Crippen molar-refractivity contribution in [3.63, 3.8) is 0 Å². The van der Waals surface area contributed by atoms with Crippen LogP contribution >= 0.6 is 0 Å². The number of ether oxygens (including phenoxy) is 2. The lowest BCUT2D eigenvalue weighted by molar-refractivity contribution is 0.0226. The summed E-state index contributed by atoms with van der Waals surface area (Å²) in [6.07, 6.45) is 3.27. The van der Waals surface area contributed by atoms with Crippen molar-refractivity contribution in [1.82, 2.24) is 14.7 Å². The number of aliphatic hydroxyl groups is 1. The first-order valence-corrected chi connectivity index (χ1v) is 11.2. The highest BCUT2D eigenvalue weighted by Crippen LogP contribution is 2.35. The Kier molecular flexibility index (Phi) is 7.54. The van der Waals surface area contributed by atoms with E-state index < -0.39 is 6.10 Å². The maximum Gasteiger partial charge on any atom is 0.227 e. The second-order valence-electron chi connectivity index (χ2n) is 8.31. The van der Waals surface area contributed by atoms with Gasteiger partial charge < -0.3 is 14.6 Å². The van der Waals surface area contributed by atoms with Crippen molar-refractivity contribution < 1.29 is 19.0 Å². The van der Waals surface area contributed by atoms with E-state index in [-0.39, 0.29) is 12.4 Å². The van der Waals surface area contributed by atoms with Gasteiger partial charge in [-0.25, -0.2) is 9.07 Å². The molecule has 0 aliphatic heterocycles.